The van der Waals surface area contributed by atoms with E-state index < -0.39 is 35.8 Å². The van der Waals surface area contributed by atoms with E-state index in [1.165, 1.54) is 54.4 Å². The summed E-state index contributed by atoms with van der Waals surface area (Å²) < 4.78 is 76.9. The lowest BCUT2D eigenvalue weighted by atomic mass is 9.84. The molecule has 4 aromatic rings. The van der Waals surface area contributed by atoms with Crippen LogP contribution in [0.15, 0.2) is 71.9 Å². The summed E-state index contributed by atoms with van der Waals surface area (Å²) in [7, 11) is 1.23. The Hall–Kier alpha value is -3.79. The van der Waals surface area contributed by atoms with Crippen LogP contribution in [0.4, 0.5) is 27.6 Å². The summed E-state index contributed by atoms with van der Waals surface area (Å²) in [6.07, 6.45) is -3.80. The van der Waals surface area contributed by atoms with E-state index in [1.807, 2.05) is 0 Å². The molecule has 0 amide bonds. The van der Waals surface area contributed by atoms with E-state index in [0.29, 0.717) is 22.8 Å². The lowest BCUT2D eigenvalue weighted by Crippen LogP contribution is -2.47. The smallest absolute Gasteiger partial charge is 0.422 e. The highest BCUT2D eigenvalue weighted by atomic mass is 19.4. The third kappa shape index (κ3) is 5.20. The van der Waals surface area contributed by atoms with Crippen LogP contribution in [0.1, 0.15) is 31.2 Å². The Balaban J connectivity index is 1.72. The van der Waals surface area contributed by atoms with Crippen LogP contribution in [0.2, 0.25) is 0 Å². The average molecular weight is 517 g/mol. The van der Waals surface area contributed by atoms with Gasteiger partial charge in [0.1, 0.15) is 5.82 Å². The van der Waals surface area contributed by atoms with Crippen LogP contribution in [-0.2, 0) is 0 Å². The van der Waals surface area contributed by atoms with Gasteiger partial charge in [-0.1, -0.05) is 31.2 Å². The molecule has 2 unspecified atom stereocenters. The highest BCUT2D eigenvalue weighted by Gasteiger charge is 2.53. The molecule has 3 aromatic carbocycles. The fraction of sp³-hybridized carbons (Fsp3) is 0.259. The predicted octanol–water partition coefficient (Wildman–Crippen LogP) is 6.89. The standard InChI is InChI=1S/C27H24F5N3O2/c1-3-17(20-9-5-10-22(29)25(20)37-2)14-26(36,27(30,31)32)16-33-23-11-6-12-24-21(23)15-34-35(24)19-8-4-7-18(28)13-19/h4-13,15-17,36H,3,14H2,1-2H3. The number of hydrogen-bond donors (Lipinski definition) is 1. The number of methoxy groups -OCH3 is 1. The van der Waals surface area contributed by atoms with Gasteiger partial charge >= 0.3 is 6.18 Å². The van der Waals surface area contributed by atoms with Crippen molar-refractivity contribution in [3.05, 3.63) is 84.1 Å². The minimum Gasteiger partial charge on any atom is -0.493 e. The summed E-state index contributed by atoms with van der Waals surface area (Å²) in [4.78, 5) is 4.01. The Morgan fingerprint density at radius 2 is 1.81 bits per heavy atom. The first-order chi connectivity index (χ1) is 17.6. The third-order valence-electron chi connectivity index (χ3n) is 6.24. The normalized spacial score (nSPS) is 14.7. The summed E-state index contributed by atoms with van der Waals surface area (Å²) >= 11 is 0. The fourth-order valence-corrected chi connectivity index (χ4v) is 4.29. The maximum Gasteiger partial charge on any atom is 0.422 e. The SMILES string of the molecule is CCC(CC(O)(C=Nc1cccc2c1cnn2-c1cccc(F)c1)C(F)(F)F)c1cccc(F)c1OC. The van der Waals surface area contributed by atoms with Gasteiger partial charge in [-0.2, -0.15) is 18.3 Å². The number of benzene rings is 3. The maximum absolute atomic E-state index is 14.2. The summed E-state index contributed by atoms with van der Waals surface area (Å²) in [5, 5.41) is 15.5. The number of ether oxygens (including phenoxy) is 1. The molecule has 5 nitrogen and oxygen atoms in total. The molecule has 194 valence electrons. The molecule has 0 bridgehead atoms. The minimum atomic E-state index is -5.07. The number of para-hydroxylation sites is 1. The van der Waals surface area contributed by atoms with Crippen molar-refractivity contribution in [1.29, 1.82) is 0 Å². The van der Waals surface area contributed by atoms with Crippen LogP contribution in [0.25, 0.3) is 16.6 Å². The van der Waals surface area contributed by atoms with Gasteiger partial charge in [-0.05, 0) is 55.2 Å². The lowest BCUT2D eigenvalue weighted by molar-refractivity contribution is -0.232. The molecular formula is C27H24F5N3O2. The van der Waals surface area contributed by atoms with Gasteiger partial charge < -0.3 is 9.84 Å². The fourth-order valence-electron chi connectivity index (χ4n) is 4.29. The number of halogens is 5. The molecule has 0 fully saturated rings. The Morgan fingerprint density at radius 3 is 2.49 bits per heavy atom. The van der Waals surface area contributed by atoms with Crippen LogP contribution in [-0.4, -0.2) is 40.0 Å². The molecule has 37 heavy (non-hydrogen) atoms. The van der Waals surface area contributed by atoms with Crippen molar-refractivity contribution in [3.8, 4) is 11.4 Å². The van der Waals surface area contributed by atoms with Crippen LogP contribution < -0.4 is 4.74 Å². The molecule has 0 saturated carbocycles. The van der Waals surface area contributed by atoms with Gasteiger partial charge in [0.05, 0.1) is 30.2 Å². The number of hydrogen-bond acceptors (Lipinski definition) is 4. The average Bonchev–Trinajstić information content (AvgIpc) is 3.30. The monoisotopic (exact) mass is 517 g/mol. The lowest BCUT2D eigenvalue weighted by Gasteiger charge is -2.31. The minimum absolute atomic E-state index is 0.138. The van der Waals surface area contributed by atoms with E-state index in [-0.39, 0.29) is 23.4 Å². The quantitative estimate of drug-likeness (QED) is 0.205. The number of rotatable bonds is 8. The number of aliphatic hydroxyl groups is 1. The Labute approximate surface area is 209 Å². The molecular weight excluding hydrogens is 493 g/mol. The van der Waals surface area contributed by atoms with E-state index in [2.05, 4.69) is 10.1 Å². The second kappa shape index (κ2) is 10.3. The Morgan fingerprint density at radius 1 is 1.08 bits per heavy atom. The molecule has 0 radical (unpaired) electrons. The van der Waals surface area contributed by atoms with Crippen molar-refractivity contribution in [3.63, 3.8) is 0 Å². The zero-order valence-corrected chi connectivity index (χ0v) is 20.0. The van der Waals surface area contributed by atoms with Gasteiger partial charge in [-0.25, -0.2) is 13.5 Å². The van der Waals surface area contributed by atoms with E-state index in [9.17, 15) is 27.1 Å². The van der Waals surface area contributed by atoms with Crippen molar-refractivity contribution in [2.75, 3.05) is 7.11 Å². The van der Waals surface area contributed by atoms with Crippen LogP contribution in [0.5, 0.6) is 5.75 Å². The Bertz CT molecular complexity index is 1430. The third-order valence-corrected chi connectivity index (χ3v) is 6.24. The molecule has 1 N–H and O–H groups in total. The van der Waals surface area contributed by atoms with Gasteiger partial charge in [-0.15, -0.1) is 0 Å². The Kier molecular flexibility index (Phi) is 7.31. The van der Waals surface area contributed by atoms with Gasteiger partial charge in [0.15, 0.2) is 17.2 Å². The predicted molar refractivity (Wildman–Crippen MR) is 131 cm³/mol. The first kappa shape index (κ1) is 26.3. The maximum atomic E-state index is 14.2. The van der Waals surface area contributed by atoms with Crippen molar-refractivity contribution in [2.45, 2.75) is 37.5 Å². The molecule has 0 saturated heterocycles. The molecule has 2 atom stereocenters. The molecule has 1 heterocycles. The molecule has 10 heteroatoms. The molecule has 1 aromatic heterocycles. The highest BCUT2D eigenvalue weighted by Crippen LogP contribution is 2.42. The van der Waals surface area contributed by atoms with Crippen LogP contribution in [0, 0.1) is 11.6 Å². The highest BCUT2D eigenvalue weighted by molar-refractivity contribution is 5.92. The number of fused-ring (bicyclic) bond motifs is 1. The van der Waals surface area contributed by atoms with E-state index >= 15 is 0 Å². The van der Waals surface area contributed by atoms with Gasteiger partial charge in [0.2, 0.25) is 0 Å². The van der Waals surface area contributed by atoms with Gasteiger partial charge in [0.25, 0.3) is 0 Å². The van der Waals surface area contributed by atoms with Crippen molar-refractivity contribution in [1.82, 2.24) is 9.78 Å². The topological polar surface area (TPSA) is 59.6 Å². The van der Waals surface area contributed by atoms with E-state index in [4.69, 9.17) is 4.74 Å². The van der Waals surface area contributed by atoms with Crippen LogP contribution >= 0.6 is 0 Å². The number of nitrogens with zero attached hydrogens (tertiary/aromatic N) is 3. The number of aromatic nitrogens is 2. The van der Waals surface area contributed by atoms with Crippen molar-refractivity contribution < 1.29 is 31.8 Å². The van der Waals surface area contributed by atoms with Crippen LogP contribution in [0.3, 0.4) is 0 Å². The number of aliphatic imine (C=N–C) groups is 1. The molecule has 4 rings (SSSR count). The number of alkyl halides is 3. The molecule has 0 aliphatic rings. The first-order valence-electron chi connectivity index (χ1n) is 11.5. The van der Waals surface area contributed by atoms with Gasteiger partial charge in [-0.3, -0.25) is 4.99 Å². The molecule has 0 aliphatic carbocycles. The zero-order valence-electron chi connectivity index (χ0n) is 20.0. The van der Waals surface area contributed by atoms with Crippen molar-refractivity contribution in [2.24, 2.45) is 4.99 Å². The second-order valence-corrected chi connectivity index (χ2v) is 8.60. The summed E-state index contributed by atoms with van der Waals surface area (Å²) in [6, 6.07) is 14.5. The summed E-state index contributed by atoms with van der Waals surface area (Å²) in [5.74, 6) is -2.21. The molecule has 0 aliphatic heterocycles. The summed E-state index contributed by atoms with van der Waals surface area (Å²) in [6.45, 7) is 1.64. The molecule has 0 spiro atoms. The van der Waals surface area contributed by atoms with Gasteiger partial charge in [0, 0.05) is 17.2 Å². The van der Waals surface area contributed by atoms with Crippen molar-refractivity contribution >= 4 is 22.8 Å². The second-order valence-electron chi connectivity index (χ2n) is 8.60. The van der Waals surface area contributed by atoms with E-state index in [0.717, 1.165) is 6.07 Å². The zero-order chi connectivity index (χ0) is 26.8. The summed E-state index contributed by atoms with van der Waals surface area (Å²) in [5.41, 5.74) is -2.03. The first-order valence-corrected chi connectivity index (χ1v) is 11.5. The van der Waals surface area contributed by atoms with E-state index in [1.54, 1.807) is 25.1 Å². The largest absolute Gasteiger partial charge is 0.493 e.